The standard InChI is InChI=1S/C14H14ClF3N2S/c15-13-6-5-12(21-13)8-11(20-19)7-9-1-3-10(4-2-9)14(16,17)18/h1-6,11,20H,7-8,19H2. The van der Waals surface area contributed by atoms with Gasteiger partial charge in [-0.05, 0) is 42.7 Å². The van der Waals surface area contributed by atoms with Crippen molar-refractivity contribution in [1.82, 2.24) is 5.43 Å². The van der Waals surface area contributed by atoms with Crippen LogP contribution in [0.4, 0.5) is 13.2 Å². The molecule has 0 aliphatic rings. The Kier molecular flexibility index (Phi) is 5.27. The van der Waals surface area contributed by atoms with Gasteiger partial charge in [0.15, 0.2) is 0 Å². The number of benzene rings is 1. The molecule has 0 saturated carbocycles. The summed E-state index contributed by atoms with van der Waals surface area (Å²) in [5.41, 5.74) is 2.85. The largest absolute Gasteiger partial charge is 0.416 e. The highest BCUT2D eigenvalue weighted by atomic mass is 35.5. The quantitative estimate of drug-likeness (QED) is 0.640. The van der Waals surface area contributed by atoms with Crippen LogP contribution in [-0.4, -0.2) is 6.04 Å². The van der Waals surface area contributed by atoms with Gasteiger partial charge in [-0.25, -0.2) is 0 Å². The highest BCUT2D eigenvalue weighted by Gasteiger charge is 2.29. The second-order valence-electron chi connectivity index (χ2n) is 4.67. The van der Waals surface area contributed by atoms with E-state index in [9.17, 15) is 13.2 Å². The van der Waals surface area contributed by atoms with Gasteiger partial charge in [-0.2, -0.15) is 13.2 Å². The highest BCUT2D eigenvalue weighted by Crippen LogP contribution is 2.29. The van der Waals surface area contributed by atoms with Gasteiger partial charge in [-0.1, -0.05) is 23.7 Å². The van der Waals surface area contributed by atoms with Crippen molar-refractivity contribution < 1.29 is 13.2 Å². The molecule has 0 bridgehead atoms. The summed E-state index contributed by atoms with van der Waals surface area (Å²) in [6, 6.07) is 8.81. The van der Waals surface area contributed by atoms with Gasteiger partial charge in [-0.3, -0.25) is 11.3 Å². The summed E-state index contributed by atoms with van der Waals surface area (Å²) in [7, 11) is 0. The lowest BCUT2D eigenvalue weighted by molar-refractivity contribution is -0.137. The molecule has 7 heteroatoms. The summed E-state index contributed by atoms with van der Waals surface area (Å²) in [5.74, 6) is 5.52. The second kappa shape index (κ2) is 6.79. The SMILES string of the molecule is NNC(Cc1ccc(C(F)(F)F)cc1)Cc1ccc(Cl)s1. The van der Waals surface area contributed by atoms with Crippen LogP contribution in [0, 0.1) is 0 Å². The predicted molar refractivity (Wildman–Crippen MR) is 79.3 cm³/mol. The summed E-state index contributed by atoms with van der Waals surface area (Å²) in [6.45, 7) is 0. The van der Waals surface area contributed by atoms with Crippen LogP contribution in [0.3, 0.4) is 0 Å². The molecular weight excluding hydrogens is 321 g/mol. The number of nitrogens with one attached hydrogen (secondary N) is 1. The third-order valence-corrected chi connectivity index (χ3v) is 4.33. The minimum absolute atomic E-state index is 0.0588. The average Bonchev–Trinajstić information content (AvgIpc) is 2.83. The Morgan fingerprint density at radius 1 is 1.10 bits per heavy atom. The number of hydrogen-bond acceptors (Lipinski definition) is 3. The van der Waals surface area contributed by atoms with E-state index in [-0.39, 0.29) is 6.04 Å². The molecule has 2 nitrogen and oxygen atoms in total. The molecule has 0 fully saturated rings. The Balaban J connectivity index is 2.01. The molecule has 3 N–H and O–H groups in total. The number of thiophene rings is 1. The third-order valence-electron chi connectivity index (χ3n) is 3.08. The molecule has 1 heterocycles. The molecule has 0 spiro atoms. The minimum atomic E-state index is -4.31. The van der Waals surface area contributed by atoms with Crippen LogP contribution in [0.15, 0.2) is 36.4 Å². The molecule has 2 aromatic rings. The van der Waals surface area contributed by atoms with Crippen LogP contribution in [0.25, 0.3) is 0 Å². The number of hydrogen-bond donors (Lipinski definition) is 2. The van der Waals surface area contributed by atoms with Gasteiger partial charge < -0.3 is 0 Å². The van der Waals surface area contributed by atoms with Crippen LogP contribution in [-0.2, 0) is 19.0 Å². The van der Waals surface area contributed by atoms with E-state index in [0.29, 0.717) is 17.2 Å². The summed E-state index contributed by atoms with van der Waals surface area (Å²) in [6.07, 6.45) is -3.09. The normalized spacial score (nSPS) is 13.4. The number of nitrogens with two attached hydrogens (primary N) is 1. The Bertz CT molecular complexity index is 581. The minimum Gasteiger partial charge on any atom is -0.271 e. The van der Waals surface area contributed by atoms with Crippen molar-refractivity contribution in [2.75, 3.05) is 0 Å². The molecule has 0 aliphatic carbocycles. The van der Waals surface area contributed by atoms with E-state index < -0.39 is 11.7 Å². The van der Waals surface area contributed by atoms with Gasteiger partial charge in [0.1, 0.15) is 0 Å². The first-order chi connectivity index (χ1) is 9.88. The lowest BCUT2D eigenvalue weighted by Crippen LogP contribution is -2.38. The zero-order valence-electron chi connectivity index (χ0n) is 11.0. The molecule has 1 aromatic carbocycles. The predicted octanol–water partition coefficient (Wildman–Crippen LogP) is 4.04. The maximum Gasteiger partial charge on any atom is 0.416 e. The van der Waals surface area contributed by atoms with E-state index in [2.05, 4.69) is 5.43 Å². The molecule has 1 aromatic heterocycles. The van der Waals surface area contributed by atoms with Gasteiger partial charge in [0.05, 0.1) is 9.90 Å². The van der Waals surface area contributed by atoms with Gasteiger partial charge in [0.2, 0.25) is 0 Å². The van der Waals surface area contributed by atoms with E-state index in [0.717, 1.165) is 22.6 Å². The molecule has 114 valence electrons. The van der Waals surface area contributed by atoms with E-state index in [1.807, 2.05) is 12.1 Å². The lowest BCUT2D eigenvalue weighted by Gasteiger charge is -2.15. The molecular formula is C14H14ClF3N2S. The van der Waals surface area contributed by atoms with Crippen molar-refractivity contribution in [1.29, 1.82) is 0 Å². The van der Waals surface area contributed by atoms with Crippen molar-refractivity contribution in [3.8, 4) is 0 Å². The van der Waals surface area contributed by atoms with Crippen molar-refractivity contribution >= 4 is 22.9 Å². The van der Waals surface area contributed by atoms with E-state index in [4.69, 9.17) is 17.4 Å². The molecule has 0 saturated heterocycles. The zero-order chi connectivity index (χ0) is 15.5. The Morgan fingerprint density at radius 2 is 1.76 bits per heavy atom. The van der Waals surface area contributed by atoms with Gasteiger partial charge in [0.25, 0.3) is 0 Å². The number of rotatable bonds is 5. The maximum atomic E-state index is 12.5. The fourth-order valence-electron chi connectivity index (χ4n) is 2.01. The number of hydrazine groups is 1. The lowest BCUT2D eigenvalue weighted by atomic mass is 10.0. The van der Waals surface area contributed by atoms with E-state index in [1.54, 1.807) is 0 Å². The van der Waals surface area contributed by atoms with Crippen LogP contribution in [0.1, 0.15) is 16.0 Å². The second-order valence-corrected chi connectivity index (χ2v) is 6.47. The summed E-state index contributed by atoms with van der Waals surface area (Å²) in [4.78, 5) is 1.08. The van der Waals surface area contributed by atoms with E-state index >= 15 is 0 Å². The molecule has 2 rings (SSSR count). The fourth-order valence-corrected chi connectivity index (χ4v) is 3.18. The van der Waals surface area contributed by atoms with Crippen LogP contribution < -0.4 is 11.3 Å². The molecule has 1 atom stereocenters. The van der Waals surface area contributed by atoms with Crippen LogP contribution >= 0.6 is 22.9 Å². The van der Waals surface area contributed by atoms with Crippen LogP contribution in [0.2, 0.25) is 4.34 Å². The molecule has 0 radical (unpaired) electrons. The average molecular weight is 335 g/mol. The van der Waals surface area contributed by atoms with Crippen molar-refractivity contribution in [2.24, 2.45) is 5.84 Å². The molecule has 1 unspecified atom stereocenters. The zero-order valence-corrected chi connectivity index (χ0v) is 12.5. The third kappa shape index (κ3) is 4.71. The van der Waals surface area contributed by atoms with Gasteiger partial charge in [-0.15, -0.1) is 11.3 Å². The van der Waals surface area contributed by atoms with Crippen molar-refractivity contribution in [2.45, 2.75) is 25.1 Å². The summed E-state index contributed by atoms with van der Waals surface area (Å²) in [5, 5.41) is 0. The fraction of sp³-hybridized carbons (Fsp3) is 0.286. The van der Waals surface area contributed by atoms with Gasteiger partial charge in [0, 0.05) is 10.9 Å². The number of halogens is 4. The first-order valence-corrected chi connectivity index (χ1v) is 7.44. The van der Waals surface area contributed by atoms with E-state index in [1.165, 1.54) is 23.5 Å². The van der Waals surface area contributed by atoms with Crippen molar-refractivity contribution in [3.05, 3.63) is 56.7 Å². The molecule has 0 aliphatic heterocycles. The maximum absolute atomic E-state index is 12.5. The topological polar surface area (TPSA) is 38.0 Å². The first-order valence-electron chi connectivity index (χ1n) is 6.25. The van der Waals surface area contributed by atoms with Crippen LogP contribution in [0.5, 0.6) is 0 Å². The Hall–Kier alpha value is -1.08. The number of alkyl halides is 3. The summed E-state index contributed by atoms with van der Waals surface area (Å²) >= 11 is 7.34. The Morgan fingerprint density at radius 3 is 2.24 bits per heavy atom. The molecule has 21 heavy (non-hydrogen) atoms. The van der Waals surface area contributed by atoms with Gasteiger partial charge >= 0.3 is 6.18 Å². The van der Waals surface area contributed by atoms with Crippen molar-refractivity contribution in [3.63, 3.8) is 0 Å². The monoisotopic (exact) mass is 334 g/mol. The molecule has 0 amide bonds. The first kappa shape index (κ1) is 16.3. The Labute approximate surface area is 129 Å². The smallest absolute Gasteiger partial charge is 0.271 e. The summed E-state index contributed by atoms with van der Waals surface area (Å²) < 4.78 is 38.2. The highest BCUT2D eigenvalue weighted by molar-refractivity contribution is 7.16.